The lowest BCUT2D eigenvalue weighted by Crippen LogP contribution is -2.42. The van der Waals surface area contributed by atoms with E-state index < -0.39 is 0 Å². The highest BCUT2D eigenvalue weighted by Gasteiger charge is 2.26. The third-order valence-corrected chi connectivity index (χ3v) is 4.35. The molecule has 2 heteroatoms. The smallest absolute Gasteiger partial charge is 0.00952 e. The van der Waals surface area contributed by atoms with Gasteiger partial charge in [0.25, 0.3) is 0 Å². The Bertz CT molecular complexity index is 179. The van der Waals surface area contributed by atoms with E-state index in [-0.39, 0.29) is 0 Å². The molecule has 1 saturated heterocycles. The molecule has 2 nitrogen and oxygen atoms in total. The molecule has 1 heterocycles. The second-order valence-corrected chi connectivity index (χ2v) is 5.62. The van der Waals surface area contributed by atoms with Crippen LogP contribution in [0.1, 0.15) is 51.9 Å². The van der Waals surface area contributed by atoms with Gasteiger partial charge in [-0.15, -0.1) is 0 Å². The van der Waals surface area contributed by atoms with Gasteiger partial charge in [-0.05, 0) is 64.2 Å². The molecule has 0 amide bonds. The SMILES string of the molecule is CCCNCC1CCN(C2CCCC2)CC1. The summed E-state index contributed by atoms with van der Waals surface area (Å²) in [5, 5.41) is 3.57. The van der Waals surface area contributed by atoms with E-state index in [4.69, 9.17) is 0 Å². The van der Waals surface area contributed by atoms with Crippen molar-refractivity contribution in [1.29, 1.82) is 0 Å². The molecule has 2 rings (SSSR count). The van der Waals surface area contributed by atoms with Crippen LogP contribution >= 0.6 is 0 Å². The van der Waals surface area contributed by atoms with Crippen LogP contribution in [-0.4, -0.2) is 37.1 Å². The van der Waals surface area contributed by atoms with Crippen molar-refractivity contribution < 1.29 is 0 Å². The summed E-state index contributed by atoms with van der Waals surface area (Å²) in [4.78, 5) is 2.77. The molecular formula is C14H28N2. The van der Waals surface area contributed by atoms with Gasteiger partial charge >= 0.3 is 0 Å². The van der Waals surface area contributed by atoms with Crippen LogP contribution in [0.2, 0.25) is 0 Å². The number of nitrogens with zero attached hydrogens (tertiary/aromatic N) is 1. The fourth-order valence-electron chi connectivity index (χ4n) is 3.27. The van der Waals surface area contributed by atoms with E-state index in [9.17, 15) is 0 Å². The average Bonchev–Trinajstić information content (AvgIpc) is 2.84. The molecule has 2 aliphatic rings. The highest BCUT2D eigenvalue weighted by Crippen LogP contribution is 2.27. The number of hydrogen-bond donors (Lipinski definition) is 1. The summed E-state index contributed by atoms with van der Waals surface area (Å²) in [5.41, 5.74) is 0. The fourth-order valence-corrected chi connectivity index (χ4v) is 3.27. The molecule has 0 aromatic heterocycles. The summed E-state index contributed by atoms with van der Waals surface area (Å²) >= 11 is 0. The summed E-state index contributed by atoms with van der Waals surface area (Å²) in [7, 11) is 0. The average molecular weight is 224 g/mol. The number of likely N-dealkylation sites (tertiary alicyclic amines) is 1. The molecule has 1 aliphatic carbocycles. The minimum absolute atomic E-state index is 0.948. The summed E-state index contributed by atoms with van der Waals surface area (Å²) in [6, 6.07) is 0.949. The Hall–Kier alpha value is -0.0800. The highest BCUT2D eigenvalue weighted by molar-refractivity contribution is 4.82. The molecule has 1 saturated carbocycles. The Labute approximate surface area is 101 Å². The first-order valence-corrected chi connectivity index (χ1v) is 7.35. The Morgan fingerprint density at radius 1 is 1.06 bits per heavy atom. The number of rotatable bonds is 5. The van der Waals surface area contributed by atoms with Crippen molar-refractivity contribution in [2.75, 3.05) is 26.2 Å². The molecule has 0 atom stereocenters. The van der Waals surface area contributed by atoms with Gasteiger partial charge in [-0.2, -0.15) is 0 Å². The van der Waals surface area contributed by atoms with E-state index in [0.717, 1.165) is 12.0 Å². The van der Waals surface area contributed by atoms with Crippen LogP contribution in [0.3, 0.4) is 0 Å². The largest absolute Gasteiger partial charge is 0.316 e. The normalized spacial score (nSPS) is 25.3. The molecule has 0 radical (unpaired) electrons. The number of nitrogens with one attached hydrogen (secondary N) is 1. The molecule has 0 unspecified atom stereocenters. The second kappa shape index (κ2) is 6.61. The lowest BCUT2D eigenvalue weighted by atomic mass is 9.95. The molecule has 0 spiro atoms. The first-order chi connectivity index (χ1) is 7.90. The molecule has 0 bridgehead atoms. The molecule has 2 fully saturated rings. The molecular weight excluding hydrogens is 196 g/mol. The van der Waals surface area contributed by atoms with Gasteiger partial charge < -0.3 is 10.2 Å². The van der Waals surface area contributed by atoms with Crippen LogP contribution in [0.25, 0.3) is 0 Å². The summed E-state index contributed by atoms with van der Waals surface area (Å²) < 4.78 is 0. The quantitative estimate of drug-likeness (QED) is 0.722. The van der Waals surface area contributed by atoms with Crippen LogP contribution < -0.4 is 5.32 Å². The Morgan fingerprint density at radius 2 is 1.75 bits per heavy atom. The van der Waals surface area contributed by atoms with Gasteiger partial charge in [-0.25, -0.2) is 0 Å². The van der Waals surface area contributed by atoms with Gasteiger partial charge in [0.2, 0.25) is 0 Å². The maximum absolute atomic E-state index is 3.57. The van der Waals surface area contributed by atoms with Crippen LogP contribution in [-0.2, 0) is 0 Å². The summed E-state index contributed by atoms with van der Waals surface area (Å²) in [5.74, 6) is 0.948. The first-order valence-electron chi connectivity index (χ1n) is 7.35. The van der Waals surface area contributed by atoms with Crippen LogP contribution in [0.5, 0.6) is 0 Å². The van der Waals surface area contributed by atoms with Crippen LogP contribution in [0.15, 0.2) is 0 Å². The summed E-state index contributed by atoms with van der Waals surface area (Å²) in [6.07, 6.45) is 10.0. The predicted octanol–water partition coefficient (Wildman–Crippen LogP) is 2.64. The molecule has 1 aliphatic heterocycles. The second-order valence-electron chi connectivity index (χ2n) is 5.62. The molecule has 0 aromatic rings. The topological polar surface area (TPSA) is 15.3 Å². The Kier molecular flexibility index (Phi) is 5.11. The zero-order valence-electron chi connectivity index (χ0n) is 10.9. The Balaban J connectivity index is 1.62. The molecule has 16 heavy (non-hydrogen) atoms. The fraction of sp³-hybridized carbons (Fsp3) is 1.00. The molecule has 0 aromatic carbocycles. The predicted molar refractivity (Wildman–Crippen MR) is 69.7 cm³/mol. The van der Waals surface area contributed by atoms with E-state index in [1.54, 1.807) is 0 Å². The molecule has 1 N–H and O–H groups in total. The van der Waals surface area contributed by atoms with Gasteiger partial charge in [0, 0.05) is 6.04 Å². The standard InChI is InChI=1S/C14H28N2/c1-2-9-15-12-13-7-10-16(11-8-13)14-5-3-4-6-14/h13-15H,2-12H2,1H3. The van der Waals surface area contributed by atoms with Crippen molar-refractivity contribution in [2.24, 2.45) is 5.92 Å². The number of piperidine rings is 1. The van der Waals surface area contributed by atoms with Crippen molar-refractivity contribution in [3.05, 3.63) is 0 Å². The van der Waals surface area contributed by atoms with Gasteiger partial charge in [0.1, 0.15) is 0 Å². The lowest BCUT2D eigenvalue weighted by Gasteiger charge is -2.36. The monoisotopic (exact) mass is 224 g/mol. The van der Waals surface area contributed by atoms with Crippen LogP contribution in [0.4, 0.5) is 0 Å². The van der Waals surface area contributed by atoms with E-state index in [2.05, 4.69) is 17.1 Å². The van der Waals surface area contributed by atoms with Crippen molar-refractivity contribution in [1.82, 2.24) is 10.2 Å². The minimum atomic E-state index is 0.948. The van der Waals surface area contributed by atoms with Gasteiger partial charge in [0.15, 0.2) is 0 Å². The Morgan fingerprint density at radius 3 is 2.38 bits per heavy atom. The third kappa shape index (κ3) is 3.46. The van der Waals surface area contributed by atoms with E-state index in [0.29, 0.717) is 0 Å². The minimum Gasteiger partial charge on any atom is -0.316 e. The zero-order valence-corrected chi connectivity index (χ0v) is 10.9. The molecule has 94 valence electrons. The van der Waals surface area contributed by atoms with Crippen molar-refractivity contribution >= 4 is 0 Å². The van der Waals surface area contributed by atoms with Crippen molar-refractivity contribution in [3.8, 4) is 0 Å². The maximum atomic E-state index is 3.57. The van der Waals surface area contributed by atoms with Crippen molar-refractivity contribution in [3.63, 3.8) is 0 Å². The maximum Gasteiger partial charge on any atom is 0.00952 e. The third-order valence-electron chi connectivity index (χ3n) is 4.35. The zero-order chi connectivity index (χ0) is 11.2. The first kappa shape index (κ1) is 12.4. The van der Waals surface area contributed by atoms with Crippen molar-refractivity contribution in [2.45, 2.75) is 57.9 Å². The van der Waals surface area contributed by atoms with E-state index >= 15 is 0 Å². The van der Waals surface area contributed by atoms with E-state index in [1.807, 2.05) is 0 Å². The van der Waals surface area contributed by atoms with E-state index in [1.165, 1.54) is 71.1 Å². The van der Waals surface area contributed by atoms with Gasteiger partial charge in [-0.3, -0.25) is 0 Å². The highest BCUT2D eigenvalue weighted by atomic mass is 15.2. The van der Waals surface area contributed by atoms with Gasteiger partial charge in [-0.1, -0.05) is 19.8 Å². The van der Waals surface area contributed by atoms with Gasteiger partial charge in [0.05, 0.1) is 0 Å². The summed E-state index contributed by atoms with van der Waals surface area (Å²) in [6.45, 7) is 7.43. The van der Waals surface area contributed by atoms with Crippen LogP contribution in [0, 0.1) is 5.92 Å². The number of hydrogen-bond acceptors (Lipinski definition) is 2. The lowest BCUT2D eigenvalue weighted by molar-refractivity contribution is 0.133.